The summed E-state index contributed by atoms with van der Waals surface area (Å²) in [6.45, 7) is 3.66. The molecule has 6 nitrogen and oxygen atoms in total. The smallest absolute Gasteiger partial charge is 0.242 e. The third-order valence-corrected chi connectivity index (χ3v) is 5.10. The number of aryl methyl sites for hydroxylation is 2. The van der Waals surface area contributed by atoms with Gasteiger partial charge in [-0.05, 0) is 31.5 Å². The molecule has 24 heavy (non-hydrogen) atoms. The third kappa shape index (κ3) is 3.52. The van der Waals surface area contributed by atoms with E-state index in [1.165, 1.54) is 0 Å². The van der Waals surface area contributed by atoms with Crippen LogP contribution in [0.5, 0.6) is 0 Å². The number of aromatic nitrogens is 2. The van der Waals surface area contributed by atoms with E-state index in [4.69, 9.17) is 4.52 Å². The van der Waals surface area contributed by atoms with Gasteiger partial charge in [-0.2, -0.15) is 4.98 Å². The topological polar surface area (TPSA) is 85.1 Å². The molecule has 2 aromatic carbocycles. The Morgan fingerprint density at radius 1 is 1.08 bits per heavy atom. The van der Waals surface area contributed by atoms with Gasteiger partial charge in [0.25, 0.3) is 0 Å². The van der Waals surface area contributed by atoms with Gasteiger partial charge in [0.05, 0.1) is 11.4 Å². The van der Waals surface area contributed by atoms with Crippen LogP contribution in [-0.2, 0) is 16.6 Å². The van der Waals surface area contributed by atoms with E-state index in [0.29, 0.717) is 11.4 Å². The number of nitrogens with zero attached hydrogens (tertiary/aromatic N) is 2. The predicted octanol–water partition coefficient (Wildman–Crippen LogP) is 2.83. The Bertz CT molecular complexity index is 964. The van der Waals surface area contributed by atoms with Crippen LogP contribution in [0.2, 0.25) is 0 Å². The number of nitrogens with one attached hydrogen (secondary N) is 1. The average Bonchev–Trinajstić information content (AvgIpc) is 3.02. The zero-order valence-electron chi connectivity index (χ0n) is 13.4. The van der Waals surface area contributed by atoms with Crippen LogP contribution >= 0.6 is 0 Å². The van der Waals surface area contributed by atoms with Crippen LogP contribution in [0.25, 0.3) is 11.4 Å². The Hall–Kier alpha value is -2.51. The average molecular weight is 343 g/mol. The normalized spacial score (nSPS) is 11.6. The van der Waals surface area contributed by atoms with Gasteiger partial charge < -0.3 is 4.52 Å². The third-order valence-electron chi connectivity index (χ3n) is 3.54. The Labute approximate surface area is 140 Å². The monoisotopic (exact) mass is 343 g/mol. The molecule has 0 saturated carbocycles. The number of sulfonamides is 1. The van der Waals surface area contributed by atoms with Crippen molar-refractivity contribution in [3.63, 3.8) is 0 Å². The second-order valence-electron chi connectivity index (χ2n) is 5.47. The molecule has 0 amide bonds. The summed E-state index contributed by atoms with van der Waals surface area (Å²) in [5, 5.41) is 3.90. The summed E-state index contributed by atoms with van der Waals surface area (Å²) in [4.78, 5) is 4.48. The molecule has 124 valence electrons. The summed E-state index contributed by atoms with van der Waals surface area (Å²) in [7, 11) is -3.63. The number of benzene rings is 2. The fourth-order valence-electron chi connectivity index (χ4n) is 2.32. The molecule has 0 saturated heterocycles. The lowest BCUT2D eigenvalue weighted by molar-refractivity contribution is 0.376. The molecule has 0 fully saturated rings. The molecule has 1 aromatic heterocycles. The van der Waals surface area contributed by atoms with Gasteiger partial charge in [-0.1, -0.05) is 47.1 Å². The lowest BCUT2D eigenvalue weighted by atomic mass is 10.1. The number of hydrogen-bond acceptors (Lipinski definition) is 5. The molecule has 0 aliphatic heterocycles. The molecule has 0 spiro atoms. The quantitative estimate of drug-likeness (QED) is 0.770. The summed E-state index contributed by atoms with van der Waals surface area (Å²) in [5.74, 6) is 0.646. The van der Waals surface area contributed by atoms with Crippen LogP contribution in [-0.4, -0.2) is 18.6 Å². The van der Waals surface area contributed by atoms with Crippen molar-refractivity contribution in [3.05, 3.63) is 65.5 Å². The predicted molar refractivity (Wildman–Crippen MR) is 89.7 cm³/mol. The molecule has 0 aliphatic carbocycles. The Kier molecular flexibility index (Phi) is 4.46. The molecule has 0 bridgehead atoms. The molecular weight excluding hydrogens is 326 g/mol. The van der Waals surface area contributed by atoms with E-state index in [9.17, 15) is 8.42 Å². The molecule has 3 aromatic rings. The van der Waals surface area contributed by atoms with Gasteiger partial charge in [0.1, 0.15) is 0 Å². The van der Waals surface area contributed by atoms with Crippen molar-refractivity contribution >= 4 is 10.0 Å². The minimum atomic E-state index is -3.63. The second-order valence-corrected chi connectivity index (χ2v) is 7.21. The van der Waals surface area contributed by atoms with Crippen molar-refractivity contribution in [2.75, 3.05) is 0 Å². The summed E-state index contributed by atoms with van der Waals surface area (Å²) < 4.78 is 32.3. The highest BCUT2D eigenvalue weighted by Gasteiger charge is 2.18. The van der Waals surface area contributed by atoms with Gasteiger partial charge in [0, 0.05) is 5.56 Å². The summed E-state index contributed by atoms with van der Waals surface area (Å²) in [5.41, 5.74) is 2.59. The maximum Gasteiger partial charge on any atom is 0.242 e. The summed E-state index contributed by atoms with van der Waals surface area (Å²) in [6, 6.07) is 14.5. The fraction of sp³-hybridized carbons (Fsp3) is 0.176. The second kappa shape index (κ2) is 6.54. The first kappa shape index (κ1) is 16.4. The van der Waals surface area contributed by atoms with Gasteiger partial charge in [-0.3, -0.25) is 0 Å². The molecule has 1 heterocycles. The first-order valence-electron chi connectivity index (χ1n) is 7.40. The largest absolute Gasteiger partial charge is 0.338 e. The highest BCUT2D eigenvalue weighted by Crippen LogP contribution is 2.18. The van der Waals surface area contributed by atoms with Crippen LogP contribution in [0.15, 0.2) is 57.9 Å². The maximum absolute atomic E-state index is 12.3. The summed E-state index contributed by atoms with van der Waals surface area (Å²) in [6.07, 6.45) is 0. The van der Waals surface area contributed by atoms with Gasteiger partial charge >= 0.3 is 0 Å². The van der Waals surface area contributed by atoms with E-state index < -0.39 is 10.0 Å². The molecule has 0 atom stereocenters. The lowest BCUT2D eigenvalue weighted by Crippen LogP contribution is -2.24. The van der Waals surface area contributed by atoms with E-state index in [-0.39, 0.29) is 17.3 Å². The minimum absolute atomic E-state index is 0.0600. The van der Waals surface area contributed by atoms with E-state index in [1.807, 2.05) is 31.2 Å². The fourth-order valence-corrected chi connectivity index (χ4v) is 3.54. The Morgan fingerprint density at radius 3 is 2.62 bits per heavy atom. The highest BCUT2D eigenvalue weighted by molar-refractivity contribution is 7.89. The number of rotatable bonds is 5. The van der Waals surface area contributed by atoms with Crippen LogP contribution in [0.3, 0.4) is 0 Å². The van der Waals surface area contributed by atoms with Crippen LogP contribution < -0.4 is 4.72 Å². The highest BCUT2D eigenvalue weighted by atomic mass is 32.2. The molecule has 0 radical (unpaired) electrons. The molecule has 1 N–H and O–H groups in total. The molecule has 3 rings (SSSR count). The zero-order chi connectivity index (χ0) is 17.2. The van der Waals surface area contributed by atoms with Gasteiger partial charge in [-0.15, -0.1) is 0 Å². The Morgan fingerprint density at radius 2 is 1.88 bits per heavy atom. The first-order chi connectivity index (χ1) is 11.5. The van der Waals surface area contributed by atoms with E-state index in [1.54, 1.807) is 31.2 Å². The standard InChI is InChI=1S/C17H17N3O3S/c1-12-6-5-8-14(10-12)17-19-16(23-20-17)11-18-24(21,22)15-9-4-3-7-13(15)2/h3-10,18H,11H2,1-2H3. The zero-order valence-corrected chi connectivity index (χ0v) is 14.2. The van der Waals surface area contributed by atoms with Gasteiger partial charge in [-0.25, -0.2) is 13.1 Å². The Balaban J connectivity index is 1.75. The first-order valence-corrected chi connectivity index (χ1v) is 8.89. The summed E-state index contributed by atoms with van der Waals surface area (Å²) >= 11 is 0. The van der Waals surface area contributed by atoms with Crippen molar-refractivity contribution in [1.29, 1.82) is 0 Å². The molecular formula is C17H17N3O3S. The van der Waals surface area contributed by atoms with Crippen LogP contribution in [0, 0.1) is 13.8 Å². The van der Waals surface area contributed by atoms with Crippen LogP contribution in [0.1, 0.15) is 17.0 Å². The van der Waals surface area contributed by atoms with E-state index in [0.717, 1.165) is 11.1 Å². The lowest BCUT2D eigenvalue weighted by Gasteiger charge is -2.07. The van der Waals surface area contributed by atoms with Crippen molar-refractivity contribution < 1.29 is 12.9 Å². The van der Waals surface area contributed by atoms with Crippen LogP contribution in [0.4, 0.5) is 0 Å². The van der Waals surface area contributed by atoms with Gasteiger partial charge in [0.15, 0.2) is 0 Å². The minimum Gasteiger partial charge on any atom is -0.338 e. The van der Waals surface area contributed by atoms with Crippen molar-refractivity contribution in [2.45, 2.75) is 25.3 Å². The van der Waals surface area contributed by atoms with Crippen molar-refractivity contribution in [3.8, 4) is 11.4 Å². The molecule has 0 unspecified atom stereocenters. The molecule has 7 heteroatoms. The molecule has 0 aliphatic rings. The SMILES string of the molecule is Cc1cccc(-c2noc(CNS(=O)(=O)c3ccccc3C)n2)c1. The van der Waals surface area contributed by atoms with E-state index >= 15 is 0 Å². The number of hydrogen-bond donors (Lipinski definition) is 1. The van der Waals surface area contributed by atoms with Crippen molar-refractivity contribution in [2.24, 2.45) is 0 Å². The van der Waals surface area contributed by atoms with E-state index in [2.05, 4.69) is 14.9 Å². The van der Waals surface area contributed by atoms with Crippen molar-refractivity contribution in [1.82, 2.24) is 14.9 Å². The maximum atomic E-state index is 12.3. The van der Waals surface area contributed by atoms with Gasteiger partial charge in [0.2, 0.25) is 21.7 Å².